The Kier molecular flexibility index (Phi) is 3.69. The highest BCUT2D eigenvalue weighted by molar-refractivity contribution is 7.86. The van der Waals surface area contributed by atoms with Crippen molar-refractivity contribution in [2.24, 2.45) is 0 Å². The SMILES string of the molecule is CC(C)S(=O)CC=O. The number of hydrogen-bond acceptors (Lipinski definition) is 2. The van der Waals surface area contributed by atoms with Crippen LogP contribution in [0.2, 0.25) is 0 Å². The summed E-state index contributed by atoms with van der Waals surface area (Å²) in [5, 5.41) is 0.111. The summed E-state index contributed by atoms with van der Waals surface area (Å²) in [6, 6.07) is 0. The lowest BCUT2D eigenvalue weighted by molar-refractivity contribution is -0.105. The van der Waals surface area contributed by atoms with Crippen molar-refractivity contribution in [2.75, 3.05) is 5.75 Å². The van der Waals surface area contributed by atoms with Crippen LogP contribution in [0.3, 0.4) is 0 Å². The van der Waals surface area contributed by atoms with Crippen LogP contribution in [0.1, 0.15) is 13.8 Å². The van der Waals surface area contributed by atoms with Gasteiger partial charge in [0.25, 0.3) is 0 Å². The third-order valence-electron chi connectivity index (χ3n) is 0.758. The third-order valence-corrected chi connectivity index (χ3v) is 2.27. The molecule has 0 spiro atoms. The van der Waals surface area contributed by atoms with Gasteiger partial charge < -0.3 is 4.79 Å². The van der Waals surface area contributed by atoms with Crippen LogP contribution in [-0.4, -0.2) is 21.5 Å². The maximum absolute atomic E-state index is 10.6. The molecule has 0 aliphatic heterocycles. The van der Waals surface area contributed by atoms with Crippen molar-refractivity contribution in [3.05, 3.63) is 0 Å². The molecule has 1 atom stereocenters. The molecule has 0 bridgehead atoms. The van der Waals surface area contributed by atoms with Gasteiger partial charge in [-0.2, -0.15) is 0 Å². The maximum atomic E-state index is 10.6. The van der Waals surface area contributed by atoms with Gasteiger partial charge in [-0.15, -0.1) is 0 Å². The lowest BCUT2D eigenvalue weighted by Crippen LogP contribution is -2.09. The second-order valence-corrected chi connectivity index (χ2v) is 3.80. The molecule has 0 amide bonds. The topological polar surface area (TPSA) is 34.1 Å². The fraction of sp³-hybridized carbons (Fsp3) is 0.800. The van der Waals surface area contributed by atoms with Crippen molar-refractivity contribution in [1.29, 1.82) is 0 Å². The van der Waals surface area contributed by atoms with E-state index in [9.17, 15) is 9.00 Å². The lowest BCUT2D eigenvalue weighted by Gasteiger charge is -1.97. The highest BCUT2D eigenvalue weighted by Crippen LogP contribution is 1.90. The molecule has 0 saturated heterocycles. The van der Waals surface area contributed by atoms with E-state index in [1.165, 1.54) is 0 Å². The minimum absolute atomic E-state index is 0.111. The van der Waals surface area contributed by atoms with Crippen LogP contribution in [-0.2, 0) is 15.6 Å². The number of hydrogen-bond donors (Lipinski definition) is 0. The summed E-state index contributed by atoms with van der Waals surface area (Å²) < 4.78 is 10.6. The second-order valence-electron chi connectivity index (χ2n) is 1.76. The van der Waals surface area contributed by atoms with E-state index in [4.69, 9.17) is 0 Å². The van der Waals surface area contributed by atoms with Gasteiger partial charge in [-0.3, -0.25) is 4.21 Å². The van der Waals surface area contributed by atoms with Crippen molar-refractivity contribution in [2.45, 2.75) is 19.1 Å². The van der Waals surface area contributed by atoms with Crippen molar-refractivity contribution in [3.8, 4) is 0 Å². The monoisotopic (exact) mass is 134 g/mol. The molecule has 2 nitrogen and oxygen atoms in total. The molecule has 0 rings (SSSR count). The smallest absolute Gasteiger partial charge is 0.132 e. The van der Waals surface area contributed by atoms with Crippen LogP contribution in [0.25, 0.3) is 0 Å². The predicted octanol–water partition coefficient (Wildman–Crippen LogP) is 0.342. The summed E-state index contributed by atoms with van der Waals surface area (Å²) >= 11 is 0. The molecular weight excluding hydrogens is 124 g/mol. The summed E-state index contributed by atoms with van der Waals surface area (Å²) in [5.74, 6) is 0.178. The lowest BCUT2D eigenvalue weighted by atomic mass is 10.6. The minimum Gasteiger partial charge on any atom is -0.302 e. The maximum Gasteiger partial charge on any atom is 0.132 e. The summed E-state index contributed by atoms with van der Waals surface area (Å²) in [5.41, 5.74) is 0. The average molecular weight is 134 g/mol. The van der Waals surface area contributed by atoms with Crippen molar-refractivity contribution in [3.63, 3.8) is 0 Å². The Labute approximate surface area is 51.7 Å². The van der Waals surface area contributed by atoms with Crippen LogP contribution in [0, 0.1) is 0 Å². The first-order valence-electron chi connectivity index (χ1n) is 2.49. The molecular formula is C5H10O2S. The normalized spacial score (nSPS) is 13.9. The van der Waals surface area contributed by atoms with Gasteiger partial charge in [-0.1, -0.05) is 13.8 Å². The van der Waals surface area contributed by atoms with Crippen LogP contribution in [0.5, 0.6) is 0 Å². The fourth-order valence-corrected chi connectivity index (χ4v) is 0.779. The molecule has 0 aromatic heterocycles. The molecule has 0 aliphatic rings. The van der Waals surface area contributed by atoms with Gasteiger partial charge >= 0.3 is 0 Å². The van der Waals surface area contributed by atoms with Gasteiger partial charge in [0.2, 0.25) is 0 Å². The zero-order valence-corrected chi connectivity index (χ0v) is 5.90. The summed E-state index contributed by atoms with van der Waals surface area (Å²) in [6.45, 7) is 3.67. The average Bonchev–Trinajstić information content (AvgIpc) is 1.67. The molecule has 0 N–H and O–H groups in total. The number of carbonyl (C=O) groups is 1. The first-order chi connectivity index (χ1) is 3.68. The Morgan fingerprint density at radius 2 is 2.12 bits per heavy atom. The van der Waals surface area contributed by atoms with E-state index in [0.717, 1.165) is 0 Å². The Morgan fingerprint density at radius 1 is 1.62 bits per heavy atom. The number of carbonyl (C=O) groups excluding carboxylic acids is 1. The first-order valence-corrected chi connectivity index (χ1v) is 3.87. The molecule has 0 aromatic rings. The van der Waals surface area contributed by atoms with Crippen LogP contribution in [0.15, 0.2) is 0 Å². The van der Waals surface area contributed by atoms with Gasteiger partial charge in [-0.25, -0.2) is 0 Å². The standard InChI is InChI=1S/C5H10O2S/c1-5(2)8(7)4-3-6/h3,5H,4H2,1-2H3. The third kappa shape index (κ3) is 2.91. The van der Waals surface area contributed by atoms with Crippen molar-refractivity contribution >= 4 is 17.1 Å². The predicted molar refractivity (Wildman–Crippen MR) is 34.2 cm³/mol. The Hall–Kier alpha value is -0.180. The van der Waals surface area contributed by atoms with Crippen molar-refractivity contribution in [1.82, 2.24) is 0 Å². The van der Waals surface area contributed by atoms with E-state index >= 15 is 0 Å². The quantitative estimate of drug-likeness (QED) is 0.522. The van der Waals surface area contributed by atoms with E-state index in [2.05, 4.69) is 0 Å². The molecule has 0 radical (unpaired) electrons. The van der Waals surface area contributed by atoms with Gasteiger partial charge in [-0.05, 0) is 0 Å². The molecule has 8 heavy (non-hydrogen) atoms. The summed E-state index contributed by atoms with van der Waals surface area (Å²) in [7, 11) is -0.940. The Bertz CT molecular complexity index is 98.6. The van der Waals surface area contributed by atoms with E-state index in [1.54, 1.807) is 0 Å². The van der Waals surface area contributed by atoms with Crippen LogP contribution >= 0.6 is 0 Å². The summed E-state index contributed by atoms with van der Waals surface area (Å²) in [6.07, 6.45) is 0.691. The van der Waals surface area contributed by atoms with Crippen LogP contribution < -0.4 is 0 Å². The fourth-order valence-electron chi connectivity index (χ4n) is 0.260. The number of aldehydes is 1. The van der Waals surface area contributed by atoms with E-state index < -0.39 is 10.8 Å². The zero-order chi connectivity index (χ0) is 6.57. The summed E-state index contributed by atoms with van der Waals surface area (Å²) in [4.78, 5) is 9.73. The molecule has 1 unspecified atom stereocenters. The minimum atomic E-state index is -0.940. The van der Waals surface area contributed by atoms with Crippen LogP contribution in [0.4, 0.5) is 0 Å². The molecule has 0 saturated carbocycles. The van der Waals surface area contributed by atoms with E-state index in [1.807, 2.05) is 13.8 Å². The Balaban J connectivity index is 3.48. The van der Waals surface area contributed by atoms with Gasteiger partial charge in [0, 0.05) is 16.0 Å². The molecule has 48 valence electrons. The highest BCUT2D eigenvalue weighted by atomic mass is 32.2. The van der Waals surface area contributed by atoms with Gasteiger partial charge in [0.15, 0.2) is 0 Å². The molecule has 0 aromatic carbocycles. The number of rotatable bonds is 3. The molecule has 0 heterocycles. The van der Waals surface area contributed by atoms with Gasteiger partial charge in [0.05, 0.1) is 5.75 Å². The molecule has 0 fully saturated rings. The Morgan fingerprint density at radius 3 is 2.25 bits per heavy atom. The van der Waals surface area contributed by atoms with E-state index in [-0.39, 0.29) is 11.0 Å². The first kappa shape index (κ1) is 7.82. The molecule has 0 aliphatic carbocycles. The van der Waals surface area contributed by atoms with Gasteiger partial charge in [0.1, 0.15) is 6.29 Å². The molecule has 3 heteroatoms. The van der Waals surface area contributed by atoms with E-state index in [0.29, 0.717) is 6.29 Å². The highest BCUT2D eigenvalue weighted by Gasteiger charge is 2.01. The zero-order valence-electron chi connectivity index (χ0n) is 5.09. The van der Waals surface area contributed by atoms with Crippen molar-refractivity contribution < 1.29 is 9.00 Å². The second kappa shape index (κ2) is 3.78. The largest absolute Gasteiger partial charge is 0.302 e.